The molecule has 0 aliphatic carbocycles. The second-order valence-electron chi connectivity index (χ2n) is 4.67. The van der Waals surface area contributed by atoms with E-state index < -0.39 is 0 Å². The van der Waals surface area contributed by atoms with Gasteiger partial charge in [-0.15, -0.1) is 0 Å². The van der Waals surface area contributed by atoms with E-state index in [1.807, 2.05) is 27.7 Å². The first-order chi connectivity index (χ1) is 6.84. The Morgan fingerprint density at radius 1 is 1.13 bits per heavy atom. The number of nitrogens with one attached hydrogen (secondary N) is 1. The molecule has 3 nitrogen and oxygen atoms in total. The molecule has 0 saturated carbocycles. The molecule has 0 aromatic rings. The average molecular weight is 213 g/mol. The number of hydrogen-bond donors (Lipinski definition) is 1. The van der Waals surface area contributed by atoms with E-state index in [0.717, 1.165) is 0 Å². The maximum Gasteiger partial charge on any atom is 0.152 e. The van der Waals surface area contributed by atoms with Crippen LogP contribution in [0.3, 0.4) is 0 Å². The van der Waals surface area contributed by atoms with Gasteiger partial charge in [-0.25, -0.2) is 0 Å². The number of Topliss-reactive ketones (excluding diaryl/α,β-unsaturated/α-hetero) is 2. The summed E-state index contributed by atoms with van der Waals surface area (Å²) in [6.45, 7) is 9.37. The Morgan fingerprint density at radius 3 is 2.00 bits per heavy atom. The molecule has 1 N–H and O–H groups in total. The van der Waals surface area contributed by atoms with Crippen molar-refractivity contribution in [2.45, 2.75) is 59.5 Å². The van der Waals surface area contributed by atoms with Crippen LogP contribution < -0.4 is 5.32 Å². The van der Waals surface area contributed by atoms with Gasteiger partial charge in [-0.1, -0.05) is 27.7 Å². The molecule has 0 rings (SSSR count). The second kappa shape index (κ2) is 6.72. The standard InChI is InChI=1S/C12H23NO2/c1-8(2)12(15)11(13-9(3)4)7-6-10(5)14/h8-9,11,13H,6-7H2,1-5H3/t11-/m0/s1. The van der Waals surface area contributed by atoms with Crippen molar-refractivity contribution in [2.75, 3.05) is 0 Å². The average Bonchev–Trinajstić information content (AvgIpc) is 2.10. The fourth-order valence-corrected chi connectivity index (χ4v) is 1.46. The molecule has 0 radical (unpaired) electrons. The molecule has 0 amide bonds. The summed E-state index contributed by atoms with van der Waals surface area (Å²) in [5, 5.41) is 3.21. The molecule has 0 unspecified atom stereocenters. The van der Waals surface area contributed by atoms with Crippen molar-refractivity contribution in [1.29, 1.82) is 0 Å². The molecule has 0 aromatic heterocycles. The summed E-state index contributed by atoms with van der Waals surface area (Å²) >= 11 is 0. The van der Waals surface area contributed by atoms with Gasteiger partial charge in [0.25, 0.3) is 0 Å². The van der Waals surface area contributed by atoms with Crippen LogP contribution >= 0.6 is 0 Å². The van der Waals surface area contributed by atoms with Gasteiger partial charge in [0.05, 0.1) is 6.04 Å². The number of carbonyl (C=O) groups excluding carboxylic acids is 2. The molecular formula is C12H23NO2. The van der Waals surface area contributed by atoms with E-state index in [4.69, 9.17) is 0 Å². The molecule has 0 aliphatic rings. The number of ketones is 2. The summed E-state index contributed by atoms with van der Waals surface area (Å²) in [5.41, 5.74) is 0. The summed E-state index contributed by atoms with van der Waals surface area (Å²) in [6.07, 6.45) is 1.09. The van der Waals surface area contributed by atoms with Gasteiger partial charge in [0, 0.05) is 18.4 Å². The molecule has 88 valence electrons. The van der Waals surface area contributed by atoms with E-state index in [-0.39, 0.29) is 29.6 Å². The lowest BCUT2D eigenvalue weighted by atomic mass is 9.96. The third-order valence-electron chi connectivity index (χ3n) is 2.23. The summed E-state index contributed by atoms with van der Waals surface area (Å²) in [4.78, 5) is 22.7. The van der Waals surface area contributed by atoms with Crippen LogP contribution in [0.4, 0.5) is 0 Å². The monoisotopic (exact) mass is 213 g/mol. The number of rotatable bonds is 7. The van der Waals surface area contributed by atoms with Crippen molar-refractivity contribution in [2.24, 2.45) is 5.92 Å². The van der Waals surface area contributed by atoms with Crippen LogP contribution in [0.25, 0.3) is 0 Å². The van der Waals surface area contributed by atoms with Crippen LogP contribution in [0.1, 0.15) is 47.5 Å². The zero-order valence-corrected chi connectivity index (χ0v) is 10.5. The minimum atomic E-state index is -0.172. The lowest BCUT2D eigenvalue weighted by Crippen LogP contribution is -2.43. The fourth-order valence-electron chi connectivity index (χ4n) is 1.46. The lowest BCUT2D eigenvalue weighted by Gasteiger charge is -2.21. The zero-order valence-electron chi connectivity index (χ0n) is 10.5. The largest absolute Gasteiger partial charge is 0.305 e. The van der Waals surface area contributed by atoms with Gasteiger partial charge in [0.2, 0.25) is 0 Å². The maximum atomic E-state index is 11.8. The Morgan fingerprint density at radius 2 is 1.67 bits per heavy atom. The Labute approximate surface area is 92.6 Å². The van der Waals surface area contributed by atoms with Crippen molar-refractivity contribution >= 4 is 11.6 Å². The minimum Gasteiger partial charge on any atom is -0.305 e. The quantitative estimate of drug-likeness (QED) is 0.703. The number of carbonyl (C=O) groups is 2. The molecule has 0 bridgehead atoms. The topological polar surface area (TPSA) is 46.2 Å². The molecule has 15 heavy (non-hydrogen) atoms. The summed E-state index contributed by atoms with van der Waals surface area (Å²) in [5.74, 6) is 0.361. The minimum absolute atomic E-state index is 0.0215. The number of hydrogen-bond acceptors (Lipinski definition) is 3. The molecule has 0 saturated heterocycles. The van der Waals surface area contributed by atoms with Crippen molar-refractivity contribution in [1.82, 2.24) is 5.32 Å². The van der Waals surface area contributed by atoms with Crippen LogP contribution in [0.15, 0.2) is 0 Å². The SMILES string of the molecule is CC(=O)CC[C@H](NC(C)C)C(=O)C(C)C. The Bertz CT molecular complexity index is 222. The molecular weight excluding hydrogens is 190 g/mol. The zero-order chi connectivity index (χ0) is 12.0. The molecule has 3 heteroatoms. The highest BCUT2D eigenvalue weighted by Gasteiger charge is 2.21. The third kappa shape index (κ3) is 6.39. The van der Waals surface area contributed by atoms with Crippen molar-refractivity contribution < 1.29 is 9.59 Å². The molecule has 0 spiro atoms. The van der Waals surface area contributed by atoms with Gasteiger partial charge >= 0.3 is 0 Å². The van der Waals surface area contributed by atoms with Crippen LogP contribution in [0.5, 0.6) is 0 Å². The van der Waals surface area contributed by atoms with E-state index in [0.29, 0.717) is 12.8 Å². The first-order valence-corrected chi connectivity index (χ1v) is 5.63. The molecule has 0 heterocycles. The Balaban J connectivity index is 4.30. The van der Waals surface area contributed by atoms with Gasteiger partial charge in [-0.2, -0.15) is 0 Å². The molecule has 0 aromatic carbocycles. The second-order valence-corrected chi connectivity index (χ2v) is 4.67. The highest BCUT2D eigenvalue weighted by atomic mass is 16.1. The van der Waals surface area contributed by atoms with Gasteiger partial charge in [0.1, 0.15) is 5.78 Å². The highest BCUT2D eigenvalue weighted by Crippen LogP contribution is 2.07. The Kier molecular flexibility index (Phi) is 6.41. The fraction of sp³-hybridized carbons (Fsp3) is 0.833. The smallest absolute Gasteiger partial charge is 0.152 e. The van der Waals surface area contributed by atoms with E-state index in [9.17, 15) is 9.59 Å². The lowest BCUT2D eigenvalue weighted by molar-refractivity contribution is -0.124. The first kappa shape index (κ1) is 14.3. The first-order valence-electron chi connectivity index (χ1n) is 5.63. The predicted octanol–water partition coefficient (Wildman–Crippen LogP) is 1.95. The van der Waals surface area contributed by atoms with Crippen LogP contribution in [0.2, 0.25) is 0 Å². The third-order valence-corrected chi connectivity index (χ3v) is 2.23. The molecule has 0 fully saturated rings. The van der Waals surface area contributed by atoms with Gasteiger partial charge < -0.3 is 10.1 Å². The van der Waals surface area contributed by atoms with Crippen LogP contribution in [-0.4, -0.2) is 23.7 Å². The van der Waals surface area contributed by atoms with E-state index >= 15 is 0 Å². The Hall–Kier alpha value is -0.700. The highest BCUT2D eigenvalue weighted by molar-refractivity contribution is 5.86. The van der Waals surface area contributed by atoms with Crippen LogP contribution in [-0.2, 0) is 9.59 Å². The van der Waals surface area contributed by atoms with E-state index in [1.54, 1.807) is 6.92 Å². The predicted molar refractivity (Wildman–Crippen MR) is 61.8 cm³/mol. The van der Waals surface area contributed by atoms with E-state index in [2.05, 4.69) is 5.32 Å². The maximum absolute atomic E-state index is 11.8. The van der Waals surface area contributed by atoms with Gasteiger partial charge in [-0.05, 0) is 13.3 Å². The van der Waals surface area contributed by atoms with Gasteiger partial charge in [0.15, 0.2) is 5.78 Å². The normalized spacial score (nSPS) is 13.3. The van der Waals surface area contributed by atoms with Gasteiger partial charge in [-0.3, -0.25) is 4.79 Å². The molecule has 0 aliphatic heterocycles. The van der Waals surface area contributed by atoms with E-state index in [1.165, 1.54) is 0 Å². The molecule has 1 atom stereocenters. The summed E-state index contributed by atoms with van der Waals surface area (Å²) in [7, 11) is 0. The summed E-state index contributed by atoms with van der Waals surface area (Å²) in [6, 6.07) is 0.0959. The van der Waals surface area contributed by atoms with Crippen molar-refractivity contribution in [3.63, 3.8) is 0 Å². The van der Waals surface area contributed by atoms with Crippen molar-refractivity contribution in [3.05, 3.63) is 0 Å². The van der Waals surface area contributed by atoms with Crippen molar-refractivity contribution in [3.8, 4) is 0 Å². The summed E-state index contributed by atoms with van der Waals surface area (Å²) < 4.78 is 0. The van der Waals surface area contributed by atoms with Crippen LogP contribution in [0, 0.1) is 5.92 Å².